The first-order valence-electron chi connectivity index (χ1n) is 7.73. The van der Waals surface area contributed by atoms with Crippen LogP contribution in [0.4, 0.5) is 0 Å². The van der Waals surface area contributed by atoms with E-state index >= 15 is 0 Å². The largest absolute Gasteiger partial charge is 0.362 e. The molecule has 0 saturated carbocycles. The lowest BCUT2D eigenvalue weighted by atomic mass is 9.99. The van der Waals surface area contributed by atoms with Crippen LogP contribution in [0.5, 0.6) is 0 Å². The molecule has 20 heavy (non-hydrogen) atoms. The number of hydrogen-bond donors (Lipinski definition) is 2. The lowest BCUT2D eigenvalue weighted by Gasteiger charge is -2.17. The lowest BCUT2D eigenvalue weighted by Crippen LogP contribution is -2.37. The minimum Gasteiger partial charge on any atom is -0.362 e. The molecule has 0 spiro atoms. The Balaban J connectivity index is 2.24. The van der Waals surface area contributed by atoms with Crippen molar-refractivity contribution >= 4 is 17.3 Å². The van der Waals surface area contributed by atoms with Crippen LogP contribution >= 0.6 is 12.2 Å². The average molecular weight is 292 g/mol. The predicted octanol–water partition coefficient (Wildman–Crippen LogP) is 4.18. The van der Waals surface area contributed by atoms with E-state index in [-0.39, 0.29) is 0 Å². The summed E-state index contributed by atoms with van der Waals surface area (Å²) in [5.74, 6) is 0.731. The fourth-order valence-corrected chi connectivity index (χ4v) is 2.29. The minimum atomic E-state index is 0.731. The van der Waals surface area contributed by atoms with Crippen molar-refractivity contribution in [3.05, 3.63) is 35.4 Å². The van der Waals surface area contributed by atoms with Crippen molar-refractivity contribution in [2.45, 2.75) is 53.0 Å². The average Bonchev–Trinajstić information content (AvgIpc) is 2.47. The number of rotatable bonds is 8. The van der Waals surface area contributed by atoms with Crippen molar-refractivity contribution in [1.29, 1.82) is 0 Å². The molecular weight excluding hydrogens is 264 g/mol. The molecule has 0 aliphatic rings. The SMILES string of the molecule is CCCC[C@H](CC)CNC(=S)NCc1ccc(C)cc1. The van der Waals surface area contributed by atoms with E-state index < -0.39 is 0 Å². The number of unbranched alkanes of at least 4 members (excludes halogenated alkanes) is 1. The Labute approximate surface area is 129 Å². The molecule has 0 radical (unpaired) electrons. The quantitative estimate of drug-likeness (QED) is 0.703. The van der Waals surface area contributed by atoms with Crippen LogP contribution in [0.25, 0.3) is 0 Å². The summed E-state index contributed by atoms with van der Waals surface area (Å²) in [4.78, 5) is 0. The lowest BCUT2D eigenvalue weighted by molar-refractivity contribution is 0.445. The van der Waals surface area contributed by atoms with Gasteiger partial charge in [0.05, 0.1) is 0 Å². The van der Waals surface area contributed by atoms with Crippen LogP contribution in [-0.2, 0) is 6.54 Å². The smallest absolute Gasteiger partial charge is 0.166 e. The predicted molar refractivity (Wildman–Crippen MR) is 91.9 cm³/mol. The van der Waals surface area contributed by atoms with Gasteiger partial charge in [0.15, 0.2) is 5.11 Å². The first-order valence-corrected chi connectivity index (χ1v) is 8.13. The summed E-state index contributed by atoms with van der Waals surface area (Å²) >= 11 is 5.34. The topological polar surface area (TPSA) is 24.1 Å². The molecule has 3 heteroatoms. The van der Waals surface area contributed by atoms with Gasteiger partial charge in [-0.25, -0.2) is 0 Å². The molecule has 112 valence electrons. The number of benzene rings is 1. The van der Waals surface area contributed by atoms with Gasteiger partial charge in [-0.15, -0.1) is 0 Å². The number of aryl methyl sites for hydroxylation is 1. The monoisotopic (exact) mass is 292 g/mol. The maximum atomic E-state index is 5.34. The van der Waals surface area contributed by atoms with Gasteiger partial charge in [0.2, 0.25) is 0 Å². The zero-order chi connectivity index (χ0) is 14.8. The Hall–Kier alpha value is -1.09. The van der Waals surface area contributed by atoms with Crippen LogP contribution in [0.15, 0.2) is 24.3 Å². The van der Waals surface area contributed by atoms with Crippen molar-refractivity contribution in [3.63, 3.8) is 0 Å². The first kappa shape index (κ1) is 17.0. The molecule has 1 rings (SSSR count). The molecule has 0 aromatic heterocycles. The second-order valence-corrected chi connectivity index (χ2v) is 5.87. The highest BCUT2D eigenvalue weighted by Gasteiger charge is 2.06. The Morgan fingerprint density at radius 1 is 1.15 bits per heavy atom. The second kappa shape index (κ2) is 9.76. The van der Waals surface area contributed by atoms with Gasteiger partial charge < -0.3 is 10.6 Å². The van der Waals surface area contributed by atoms with Crippen molar-refractivity contribution in [1.82, 2.24) is 10.6 Å². The summed E-state index contributed by atoms with van der Waals surface area (Å²) < 4.78 is 0. The van der Waals surface area contributed by atoms with Gasteiger partial charge in [0, 0.05) is 13.1 Å². The van der Waals surface area contributed by atoms with E-state index in [2.05, 4.69) is 55.7 Å². The second-order valence-electron chi connectivity index (χ2n) is 5.47. The third-order valence-electron chi connectivity index (χ3n) is 3.67. The van der Waals surface area contributed by atoms with E-state index in [9.17, 15) is 0 Å². The fraction of sp³-hybridized carbons (Fsp3) is 0.588. The third kappa shape index (κ3) is 6.90. The van der Waals surface area contributed by atoms with Gasteiger partial charge >= 0.3 is 0 Å². The Kier molecular flexibility index (Phi) is 8.28. The summed E-state index contributed by atoms with van der Waals surface area (Å²) in [6.07, 6.45) is 5.09. The molecule has 0 heterocycles. The van der Waals surface area contributed by atoms with Gasteiger partial charge in [-0.3, -0.25) is 0 Å². The summed E-state index contributed by atoms with van der Waals surface area (Å²) in [6, 6.07) is 8.54. The number of nitrogens with one attached hydrogen (secondary N) is 2. The Morgan fingerprint density at radius 2 is 1.85 bits per heavy atom. The normalized spacial score (nSPS) is 11.9. The molecule has 0 amide bonds. The van der Waals surface area contributed by atoms with Crippen LogP contribution in [0.3, 0.4) is 0 Å². The zero-order valence-corrected chi connectivity index (χ0v) is 13.9. The first-order chi connectivity index (χ1) is 9.65. The summed E-state index contributed by atoms with van der Waals surface area (Å²) in [6.45, 7) is 8.37. The van der Waals surface area contributed by atoms with E-state index in [4.69, 9.17) is 12.2 Å². The number of thiocarbonyl (C=S) groups is 1. The molecule has 1 aromatic rings. The van der Waals surface area contributed by atoms with Crippen molar-refractivity contribution in [2.75, 3.05) is 6.54 Å². The zero-order valence-electron chi connectivity index (χ0n) is 13.0. The van der Waals surface area contributed by atoms with Crippen LogP contribution < -0.4 is 10.6 Å². The summed E-state index contributed by atoms with van der Waals surface area (Å²) in [7, 11) is 0. The van der Waals surface area contributed by atoms with Gasteiger partial charge in [-0.05, 0) is 37.0 Å². The van der Waals surface area contributed by atoms with Gasteiger partial charge in [-0.2, -0.15) is 0 Å². The summed E-state index contributed by atoms with van der Waals surface area (Å²) in [5.41, 5.74) is 2.55. The standard InChI is InChI=1S/C17H28N2S/c1-4-6-7-15(5-2)12-18-17(20)19-13-16-10-8-14(3)9-11-16/h8-11,15H,4-7,12-13H2,1-3H3,(H2,18,19,20)/t15-/m0/s1. The molecule has 1 aromatic carbocycles. The van der Waals surface area contributed by atoms with Crippen LogP contribution in [-0.4, -0.2) is 11.7 Å². The molecule has 0 bridgehead atoms. The Morgan fingerprint density at radius 3 is 2.45 bits per heavy atom. The maximum absolute atomic E-state index is 5.34. The van der Waals surface area contributed by atoms with Crippen LogP contribution in [0.2, 0.25) is 0 Å². The maximum Gasteiger partial charge on any atom is 0.166 e. The molecule has 0 aliphatic carbocycles. The third-order valence-corrected chi connectivity index (χ3v) is 3.96. The van der Waals surface area contributed by atoms with Crippen molar-refractivity contribution in [3.8, 4) is 0 Å². The van der Waals surface area contributed by atoms with Gasteiger partial charge in [0.1, 0.15) is 0 Å². The number of hydrogen-bond acceptors (Lipinski definition) is 1. The van der Waals surface area contributed by atoms with Crippen molar-refractivity contribution < 1.29 is 0 Å². The highest BCUT2D eigenvalue weighted by atomic mass is 32.1. The molecule has 0 unspecified atom stereocenters. The molecular formula is C17H28N2S. The molecule has 0 aliphatic heterocycles. The van der Waals surface area contributed by atoms with E-state index in [0.29, 0.717) is 0 Å². The molecule has 0 fully saturated rings. The molecule has 2 N–H and O–H groups in total. The highest BCUT2D eigenvalue weighted by Crippen LogP contribution is 2.11. The molecule has 2 nitrogen and oxygen atoms in total. The van der Waals surface area contributed by atoms with Crippen LogP contribution in [0, 0.1) is 12.8 Å². The van der Waals surface area contributed by atoms with Gasteiger partial charge in [0.25, 0.3) is 0 Å². The van der Waals surface area contributed by atoms with Crippen molar-refractivity contribution in [2.24, 2.45) is 5.92 Å². The molecule has 1 atom stereocenters. The molecule has 0 saturated heterocycles. The summed E-state index contributed by atoms with van der Waals surface area (Å²) in [5, 5.41) is 7.38. The van der Waals surface area contributed by atoms with E-state index in [0.717, 1.165) is 24.1 Å². The van der Waals surface area contributed by atoms with E-state index in [1.807, 2.05) is 0 Å². The highest BCUT2D eigenvalue weighted by molar-refractivity contribution is 7.80. The Bertz CT molecular complexity index is 386. The van der Waals surface area contributed by atoms with E-state index in [1.165, 1.54) is 36.8 Å². The van der Waals surface area contributed by atoms with Crippen LogP contribution in [0.1, 0.15) is 50.7 Å². The fourth-order valence-electron chi connectivity index (χ4n) is 2.13. The van der Waals surface area contributed by atoms with Gasteiger partial charge in [-0.1, -0.05) is 62.9 Å². The minimum absolute atomic E-state index is 0.731. The van der Waals surface area contributed by atoms with E-state index in [1.54, 1.807) is 0 Å².